The molecular formula is C13H22N4O. The molecule has 1 fully saturated rings. The van der Waals surface area contributed by atoms with Gasteiger partial charge in [0.15, 0.2) is 0 Å². The van der Waals surface area contributed by atoms with Gasteiger partial charge in [0, 0.05) is 17.9 Å². The molecule has 5 heteroatoms. The molecule has 1 aliphatic heterocycles. The first-order chi connectivity index (χ1) is 8.74. The summed E-state index contributed by atoms with van der Waals surface area (Å²) in [6.07, 6.45) is 2.63. The minimum atomic E-state index is 0.410. The normalized spacial score (nSPS) is 16.8. The molecule has 1 saturated heterocycles. The number of rotatable bonds is 5. The number of ether oxygens (including phenoxy) is 1. The number of hydrogen-bond acceptors (Lipinski definition) is 5. The largest absolute Gasteiger partial charge is 0.376 e. The molecule has 5 nitrogen and oxygen atoms in total. The van der Waals surface area contributed by atoms with Crippen molar-refractivity contribution in [2.24, 2.45) is 0 Å². The van der Waals surface area contributed by atoms with Gasteiger partial charge in [0.05, 0.1) is 12.7 Å². The van der Waals surface area contributed by atoms with Gasteiger partial charge in [-0.25, -0.2) is 9.97 Å². The fourth-order valence-electron chi connectivity index (χ4n) is 2.16. The second-order valence-corrected chi connectivity index (χ2v) is 4.72. The molecule has 2 rings (SSSR count). The van der Waals surface area contributed by atoms with Gasteiger partial charge in [-0.1, -0.05) is 0 Å². The molecule has 0 aromatic carbocycles. The molecule has 1 aromatic heterocycles. The van der Waals surface area contributed by atoms with Crippen LogP contribution in [0.2, 0.25) is 0 Å². The Hall–Kier alpha value is -1.20. The SMILES string of the molecule is Cc1cc(C)nc(NCCOC2CCNCC2)n1. The molecule has 2 heterocycles. The maximum atomic E-state index is 5.81. The van der Waals surface area contributed by atoms with Crippen LogP contribution in [0.3, 0.4) is 0 Å². The summed E-state index contributed by atoms with van der Waals surface area (Å²) < 4.78 is 5.81. The topological polar surface area (TPSA) is 59.1 Å². The minimum Gasteiger partial charge on any atom is -0.376 e. The van der Waals surface area contributed by atoms with E-state index in [1.807, 2.05) is 19.9 Å². The van der Waals surface area contributed by atoms with E-state index in [9.17, 15) is 0 Å². The molecule has 1 aliphatic rings. The Morgan fingerprint density at radius 2 is 1.94 bits per heavy atom. The summed E-state index contributed by atoms with van der Waals surface area (Å²) in [6, 6.07) is 1.97. The predicted molar refractivity (Wildman–Crippen MR) is 71.8 cm³/mol. The van der Waals surface area contributed by atoms with Gasteiger partial charge in [0.25, 0.3) is 0 Å². The first-order valence-electron chi connectivity index (χ1n) is 6.62. The van der Waals surface area contributed by atoms with E-state index in [0.717, 1.165) is 43.9 Å². The lowest BCUT2D eigenvalue weighted by Crippen LogP contribution is -2.33. The van der Waals surface area contributed by atoms with Crippen LogP contribution in [0.25, 0.3) is 0 Å². The number of piperidine rings is 1. The van der Waals surface area contributed by atoms with E-state index in [2.05, 4.69) is 20.6 Å². The first kappa shape index (κ1) is 13.2. The Labute approximate surface area is 108 Å². The van der Waals surface area contributed by atoms with Gasteiger partial charge in [-0.2, -0.15) is 0 Å². The highest BCUT2D eigenvalue weighted by atomic mass is 16.5. The first-order valence-corrected chi connectivity index (χ1v) is 6.62. The fraction of sp³-hybridized carbons (Fsp3) is 0.692. The Morgan fingerprint density at radius 1 is 1.28 bits per heavy atom. The number of aromatic nitrogens is 2. The molecule has 0 atom stereocenters. The maximum Gasteiger partial charge on any atom is 0.223 e. The van der Waals surface area contributed by atoms with E-state index in [0.29, 0.717) is 18.7 Å². The molecule has 0 amide bonds. The van der Waals surface area contributed by atoms with Crippen LogP contribution >= 0.6 is 0 Å². The molecule has 100 valence electrons. The number of aryl methyl sites for hydroxylation is 2. The van der Waals surface area contributed by atoms with Crippen LogP contribution in [0.15, 0.2) is 6.07 Å². The Kier molecular flexibility index (Phi) is 4.90. The zero-order chi connectivity index (χ0) is 12.8. The maximum absolute atomic E-state index is 5.81. The molecule has 2 N–H and O–H groups in total. The minimum absolute atomic E-state index is 0.410. The van der Waals surface area contributed by atoms with Crippen molar-refractivity contribution in [1.82, 2.24) is 15.3 Å². The molecule has 0 radical (unpaired) electrons. The lowest BCUT2D eigenvalue weighted by molar-refractivity contribution is 0.0393. The van der Waals surface area contributed by atoms with Crippen molar-refractivity contribution in [3.05, 3.63) is 17.5 Å². The third kappa shape index (κ3) is 4.23. The van der Waals surface area contributed by atoms with Gasteiger partial charge in [0.1, 0.15) is 0 Å². The van der Waals surface area contributed by atoms with Crippen molar-refractivity contribution in [3.8, 4) is 0 Å². The highest BCUT2D eigenvalue weighted by Crippen LogP contribution is 2.07. The summed E-state index contributed by atoms with van der Waals surface area (Å²) in [4.78, 5) is 8.66. The van der Waals surface area contributed by atoms with E-state index in [4.69, 9.17) is 4.74 Å². The number of nitrogens with zero attached hydrogens (tertiary/aromatic N) is 2. The fourth-order valence-corrected chi connectivity index (χ4v) is 2.16. The van der Waals surface area contributed by atoms with Gasteiger partial charge >= 0.3 is 0 Å². The number of hydrogen-bond donors (Lipinski definition) is 2. The van der Waals surface area contributed by atoms with Crippen LogP contribution in [-0.2, 0) is 4.74 Å². The molecule has 0 bridgehead atoms. The highest BCUT2D eigenvalue weighted by Gasteiger charge is 2.12. The number of nitrogens with one attached hydrogen (secondary N) is 2. The van der Waals surface area contributed by atoms with E-state index < -0.39 is 0 Å². The van der Waals surface area contributed by atoms with Crippen LogP contribution in [-0.4, -0.2) is 42.3 Å². The van der Waals surface area contributed by atoms with Gasteiger partial charge in [0.2, 0.25) is 5.95 Å². The van der Waals surface area contributed by atoms with E-state index in [1.165, 1.54) is 0 Å². The van der Waals surface area contributed by atoms with Crippen molar-refractivity contribution in [3.63, 3.8) is 0 Å². The summed E-state index contributed by atoms with van der Waals surface area (Å²) in [7, 11) is 0. The third-order valence-electron chi connectivity index (χ3n) is 3.01. The predicted octanol–water partition coefficient (Wildman–Crippen LogP) is 1.27. The average molecular weight is 250 g/mol. The lowest BCUT2D eigenvalue weighted by atomic mass is 10.1. The average Bonchev–Trinajstić information content (AvgIpc) is 2.35. The smallest absolute Gasteiger partial charge is 0.223 e. The summed E-state index contributed by atoms with van der Waals surface area (Å²) >= 11 is 0. The Bertz CT molecular complexity index is 357. The van der Waals surface area contributed by atoms with Gasteiger partial charge in [-0.3, -0.25) is 0 Å². The van der Waals surface area contributed by atoms with E-state index in [-0.39, 0.29) is 0 Å². The van der Waals surface area contributed by atoms with Gasteiger partial charge < -0.3 is 15.4 Å². The van der Waals surface area contributed by atoms with Crippen molar-refractivity contribution in [2.45, 2.75) is 32.8 Å². The van der Waals surface area contributed by atoms with Crippen LogP contribution in [0.5, 0.6) is 0 Å². The molecule has 18 heavy (non-hydrogen) atoms. The van der Waals surface area contributed by atoms with Crippen molar-refractivity contribution in [2.75, 3.05) is 31.6 Å². The van der Waals surface area contributed by atoms with Crippen molar-refractivity contribution < 1.29 is 4.74 Å². The van der Waals surface area contributed by atoms with Crippen LogP contribution in [0, 0.1) is 13.8 Å². The molecule has 0 aliphatic carbocycles. The summed E-state index contributed by atoms with van der Waals surface area (Å²) in [5.41, 5.74) is 1.98. The summed E-state index contributed by atoms with van der Waals surface area (Å²) in [5.74, 6) is 0.696. The quantitative estimate of drug-likeness (QED) is 0.771. The van der Waals surface area contributed by atoms with Crippen LogP contribution in [0.1, 0.15) is 24.2 Å². The number of anilines is 1. The lowest BCUT2D eigenvalue weighted by Gasteiger charge is -2.22. The monoisotopic (exact) mass is 250 g/mol. The molecule has 1 aromatic rings. The molecule has 0 saturated carbocycles. The van der Waals surface area contributed by atoms with Crippen LogP contribution in [0.4, 0.5) is 5.95 Å². The second-order valence-electron chi connectivity index (χ2n) is 4.72. The summed E-state index contributed by atoms with van der Waals surface area (Å²) in [5, 5.41) is 6.53. The van der Waals surface area contributed by atoms with Gasteiger partial charge in [-0.05, 0) is 45.8 Å². The van der Waals surface area contributed by atoms with Crippen LogP contribution < -0.4 is 10.6 Å². The molecule has 0 spiro atoms. The zero-order valence-electron chi connectivity index (χ0n) is 11.2. The Morgan fingerprint density at radius 3 is 2.61 bits per heavy atom. The van der Waals surface area contributed by atoms with E-state index >= 15 is 0 Å². The second kappa shape index (κ2) is 6.66. The highest BCUT2D eigenvalue weighted by molar-refractivity contribution is 5.27. The zero-order valence-corrected chi connectivity index (χ0v) is 11.2. The summed E-state index contributed by atoms with van der Waals surface area (Å²) in [6.45, 7) is 7.56. The van der Waals surface area contributed by atoms with E-state index in [1.54, 1.807) is 0 Å². The standard InChI is InChI=1S/C13H22N4O/c1-10-9-11(2)17-13(16-10)15-7-8-18-12-3-5-14-6-4-12/h9,12,14H,3-8H2,1-2H3,(H,15,16,17). The molecular weight excluding hydrogens is 228 g/mol. The third-order valence-corrected chi connectivity index (χ3v) is 3.01. The van der Waals surface area contributed by atoms with Gasteiger partial charge in [-0.15, -0.1) is 0 Å². The van der Waals surface area contributed by atoms with Crippen molar-refractivity contribution >= 4 is 5.95 Å². The van der Waals surface area contributed by atoms with Crippen molar-refractivity contribution in [1.29, 1.82) is 0 Å². The molecule has 0 unspecified atom stereocenters. The Balaban J connectivity index is 1.68.